The maximum absolute atomic E-state index is 12.2. The minimum atomic E-state index is -0.365. The Morgan fingerprint density at radius 2 is 1.85 bits per heavy atom. The molecule has 1 rings (SSSR count). The van der Waals surface area contributed by atoms with Crippen LogP contribution in [0.4, 0.5) is 0 Å². The Morgan fingerprint density at radius 1 is 1.15 bits per heavy atom. The molecule has 4 heteroatoms. The van der Waals surface area contributed by atoms with E-state index in [9.17, 15) is 4.79 Å². The Hall–Kier alpha value is -2.03. The third kappa shape index (κ3) is 8.94. The van der Waals surface area contributed by atoms with Gasteiger partial charge < -0.3 is 14.2 Å². The van der Waals surface area contributed by atoms with Crippen LogP contribution >= 0.6 is 0 Å². The number of carbonyl (C=O) groups is 1. The van der Waals surface area contributed by atoms with Crippen molar-refractivity contribution < 1.29 is 19.0 Å². The third-order valence-corrected chi connectivity index (χ3v) is 4.26. The first-order valence-corrected chi connectivity index (χ1v) is 9.57. The van der Waals surface area contributed by atoms with Crippen LogP contribution in [0.2, 0.25) is 0 Å². The quantitative estimate of drug-likeness (QED) is 0.221. The minimum Gasteiger partial charge on any atom is -0.499 e. The van der Waals surface area contributed by atoms with Crippen molar-refractivity contribution >= 4 is 5.97 Å². The Balaban J connectivity index is 2.65. The molecule has 0 aromatic heterocycles. The van der Waals surface area contributed by atoms with Crippen LogP contribution in [0.5, 0.6) is 0 Å². The first kappa shape index (κ1) is 23.0. The summed E-state index contributed by atoms with van der Waals surface area (Å²) in [5, 5.41) is 0. The van der Waals surface area contributed by atoms with Crippen molar-refractivity contribution in [3.63, 3.8) is 0 Å². The van der Waals surface area contributed by atoms with Crippen molar-refractivity contribution in [2.45, 2.75) is 41.0 Å². The lowest BCUT2D eigenvalue weighted by Crippen LogP contribution is -2.23. The smallest absolute Gasteiger partial charge is 0.338 e. The SMILES string of the molecule is C=COCCOCCOC(=O)C1=CC=C(C(CC(C)C)C(C)(C)C)C=C=C1. The molecule has 0 aromatic rings. The molecule has 0 saturated heterocycles. The summed E-state index contributed by atoms with van der Waals surface area (Å²) >= 11 is 0. The molecule has 0 aromatic carbocycles. The number of ether oxygens (including phenoxy) is 3. The van der Waals surface area contributed by atoms with Gasteiger partial charge >= 0.3 is 5.97 Å². The van der Waals surface area contributed by atoms with Crippen LogP contribution in [-0.2, 0) is 19.0 Å². The summed E-state index contributed by atoms with van der Waals surface area (Å²) < 4.78 is 15.5. The van der Waals surface area contributed by atoms with E-state index in [4.69, 9.17) is 14.2 Å². The van der Waals surface area contributed by atoms with E-state index in [0.717, 1.165) is 6.42 Å². The zero-order valence-corrected chi connectivity index (χ0v) is 17.4. The molecule has 150 valence electrons. The summed E-state index contributed by atoms with van der Waals surface area (Å²) in [7, 11) is 0. The molecule has 0 heterocycles. The Morgan fingerprint density at radius 3 is 2.48 bits per heavy atom. The highest BCUT2D eigenvalue weighted by atomic mass is 16.6. The van der Waals surface area contributed by atoms with Gasteiger partial charge in [-0.3, -0.25) is 0 Å². The van der Waals surface area contributed by atoms with Gasteiger partial charge in [0.25, 0.3) is 0 Å². The van der Waals surface area contributed by atoms with Gasteiger partial charge in [-0.25, -0.2) is 4.79 Å². The van der Waals surface area contributed by atoms with E-state index in [1.807, 2.05) is 18.2 Å². The summed E-state index contributed by atoms with van der Waals surface area (Å²) in [5.41, 5.74) is 4.96. The van der Waals surface area contributed by atoms with E-state index in [0.29, 0.717) is 37.2 Å². The highest BCUT2D eigenvalue weighted by molar-refractivity contribution is 5.92. The lowest BCUT2D eigenvalue weighted by Gasteiger charge is -2.33. The van der Waals surface area contributed by atoms with Crippen LogP contribution in [0.15, 0.2) is 54.0 Å². The van der Waals surface area contributed by atoms with Gasteiger partial charge in [0.15, 0.2) is 0 Å². The summed E-state index contributed by atoms with van der Waals surface area (Å²) in [4.78, 5) is 12.2. The van der Waals surface area contributed by atoms with Gasteiger partial charge in [-0.15, -0.1) is 5.73 Å². The summed E-state index contributed by atoms with van der Waals surface area (Å²) in [6.45, 7) is 16.1. The molecule has 0 amide bonds. The van der Waals surface area contributed by atoms with Crippen LogP contribution in [0.3, 0.4) is 0 Å². The monoisotopic (exact) mass is 374 g/mol. The molecule has 1 atom stereocenters. The van der Waals surface area contributed by atoms with Crippen molar-refractivity contribution in [2.24, 2.45) is 17.3 Å². The summed E-state index contributed by atoms with van der Waals surface area (Å²) in [5.74, 6) is 0.632. The molecular formula is C23H34O4. The van der Waals surface area contributed by atoms with Crippen LogP contribution in [0, 0.1) is 17.3 Å². The molecule has 0 saturated carbocycles. The molecule has 1 aliphatic rings. The van der Waals surface area contributed by atoms with Crippen LogP contribution < -0.4 is 0 Å². The van der Waals surface area contributed by atoms with E-state index < -0.39 is 0 Å². The maximum atomic E-state index is 12.2. The number of carbonyl (C=O) groups excluding carboxylic acids is 1. The number of hydrogen-bond acceptors (Lipinski definition) is 4. The van der Waals surface area contributed by atoms with Crippen molar-refractivity contribution in [2.75, 3.05) is 26.4 Å². The number of hydrogen-bond donors (Lipinski definition) is 0. The third-order valence-electron chi connectivity index (χ3n) is 4.26. The van der Waals surface area contributed by atoms with Gasteiger partial charge in [-0.2, -0.15) is 0 Å². The first-order chi connectivity index (χ1) is 12.8. The zero-order chi connectivity index (χ0) is 20.3. The minimum absolute atomic E-state index is 0.139. The second kappa shape index (κ2) is 11.6. The molecular weight excluding hydrogens is 340 g/mol. The van der Waals surface area contributed by atoms with E-state index >= 15 is 0 Å². The topological polar surface area (TPSA) is 44.8 Å². The van der Waals surface area contributed by atoms with E-state index in [-0.39, 0.29) is 18.0 Å². The highest BCUT2D eigenvalue weighted by Gasteiger charge is 2.27. The molecule has 0 aliphatic heterocycles. The van der Waals surface area contributed by atoms with Gasteiger partial charge in [0.2, 0.25) is 0 Å². The standard InChI is InChI=1S/C23H34O4/c1-7-25-13-14-26-15-16-27-22(24)20-10-8-9-19(11-12-20)21(17-18(2)3)23(4,5)6/h7,9-12,18,21H,1,13-17H2,2-6H3. The van der Waals surface area contributed by atoms with Crippen molar-refractivity contribution in [3.05, 3.63) is 54.0 Å². The van der Waals surface area contributed by atoms with Gasteiger partial charge in [0, 0.05) is 0 Å². The highest BCUT2D eigenvalue weighted by Crippen LogP contribution is 2.37. The number of rotatable bonds is 11. The first-order valence-electron chi connectivity index (χ1n) is 9.57. The van der Waals surface area contributed by atoms with Crippen LogP contribution in [-0.4, -0.2) is 32.4 Å². The van der Waals surface area contributed by atoms with Crippen LogP contribution in [0.1, 0.15) is 41.0 Å². The van der Waals surface area contributed by atoms with Crippen molar-refractivity contribution in [1.29, 1.82) is 0 Å². The zero-order valence-electron chi connectivity index (χ0n) is 17.4. The van der Waals surface area contributed by atoms with Gasteiger partial charge in [0.1, 0.15) is 13.2 Å². The van der Waals surface area contributed by atoms with Gasteiger partial charge in [-0.05, 0) is 47.5 Å². The van der Waals surface area contributed by atoms with Gasteiger partial charge in [-0.1, -0.05) is 47.3 Å². The second-order valence-corrected chi connectivity index (χ2v) is 8.08. The molecule has 0 radical (unpaired) electrons. The fourth-order valence-electron chi connectivity index (χ4n) is 2.88. The Labute approximate surface area is 164 Å². The number of allylic oxidation sites excluding steroid dienone is 3. The van der Waals surface area contributed by atoms with Crippen molar-refractivity contribution in [1.82, 2.24) is 0 Å². The lowest BCUT2D eigenvalue weighted by atomic mass is 9.72. The largest absolute Gasteiger partial charge is 0.499 e. The molecule has 0 bridgehead atoms. The van der Waals surface area contributed by atoms with Crippen molar-refractivity contribution in [3.8, 4) is 0 Å². The van der Waals surface area contributed by atoms with E-state index in [1.165, 1.54) is 11.8 Å². The average molecular weight is 375 g/mol. The lowest BCUT2D eigenvalue weighted by molar-refractivity contribution is -0.140. The average Bonchev–Trinajstić information content (AvgIpc) is 2.83. The molecule has 0 N–H and O–H groups in total. The fourth-order valence-corrected chi connectivity index (χ4v) is 2.88. The van der Waals surface area contributed by atoms with E-state index in [1.54, 1.807) is 6.08 Å². The molecule has 27 heavy (non-hydrogen) atoms. The number of esters is 1. The molecule has 1 aliphatic carbocycles. The van der Waals surface area contributed by atoms with Crippen LogP contribution in [0.25, 0.3) is 0 Å². The summed E-state index contributed by atoms with van der Waals surface area (Å²) in [6.07, 6.45) is 9.97. The fraction of sp³-hybridized carbons (Fsp3) is 0.565. The normalized spacial score (nSPS) is 15.0. The Bertz CT molecular complexity index is 611. The Kier molecular flexibility index (Phi) is 9.92. The molecule has 4 nitrogen and oxygen atoms in total. The predicted molar refractivity (Wildman–Crippen MR) is 109 cm³/mol. The molecule has 0 spiro atoms. The predicted octanol–water partition coefficient (Wildman–Crippen LogP) is 4.99. The second-order valence-electron chi connectivity index (χ2n) is 8.08. The van der Waals surface area contributed by atoms with Gasteiger partial charge in [0.05, 0.1) is 25.0 Å². The maximum Gasteiger partial charge on any atom is 0.338 e. The van der Waals surface area contributed by atoms with E-state index in [2.05, 4.69) is 46.9 Å². The molecule has 0 fully saturated rings. The summed E-state index contributed by atoms with van der Waals surface area (Å²) in [6, 6.07) is 0. The molecule has 1 unspecified atom stereocenters.